The van der Waals surface area contributed by atoms with E-state index in [1.165, 1.54) is 42.5 Å². The van der Waals surface area contributed by atoms with Crippen LogP contribution in [0.3, 0.4) is 0 Å². The summed E-state index contributed by atoms with van der Waals surface area (Å²) >= 11 is 0. The van der Waals surface area contributed by atoms with Gasteiger partial charge in [0.25, 0.3) is 0 Å². The zero-order valence-electron chi connectivity index (χ0n) is 23.7. The van der Waals surface area contributed by atoms with Gasteiger partial charge >= 0.3 is 29.0 Å². The summed E-state index contributed by atoms with van der Waals surface area (Å²) in [6, 6.07) is 17.0. The maximum absolute atomic E-state index is 12.1. The quantitative estimate of drug-likeness (QED) is 0.100. The van der Waals surface area contributed by atoms with Crippen LogP contribution in [0.15, 0.2) is 85.2 Å². The van der Waals surface area contributed by atoms with E-state index in [0.29, 0.717) is 22.7 Å². The predicted octanol–water partition coefficient (Wildman–Crippen LogP) is 3.25. The molecule has 1 radical (unpaired) electrons. The molecule has 1 unspecified atom stereocenters. The first kappa shape index (κ1) is 33.8. The average Bonchev–Trinajstić information content (AvgIpc) is 2.99. The predicted molar refractivity (Wildman–Crippen MR) is 155 cm³/mol. The van der Waals surface area contributed by atoms with E-state index in [0.717, 1.165) is 0 Å². The first-order valence-corrected chi connectivity index (χ1v) is 13.3. The van der Waals surface area contributed by atoms with Crippen LogP contribution < -0.4 is 4.74 Å². The van der Waals surface area contributed by atoms with Crippen LogP contribution >= 0.6 is 0 Å². The number of pyridine rings is 2. The number of aromatic nitrogens is 2. The molecule has 2 atom stereocenters. The second-order valence-corrected chi connectivity index (χ2v) is 9.71. The summed E-state index contributed by atoms with van der Waals surface area (Å²) in [5.74, 6) is -2.31. The first-order valence-electron chi connectivity index (χ1n) is 13.3. The van der Waals surface area contributed by atoms with Crippen LogP contribution in [0, 0.1) is 0 Å². The minimum absolute atomic E-state index is 0. The first-order chi connectivity index (χ1) is 20.7. The summed E-state index contributed by atoms with van der Waals surface area (Å²) in [6.45, 7) is -1.02. The van der Waals surface area contributed by atoms with E-state index >= 15 is 0 Å². The number of aromatic hydroxyl groups is 3. The Labute approximate surface area is 264 Å². The molecule has 0 aliphatic heterocycles. The molecule has 2 aromatic carbocycles. The minimum atomic E-state index is -1.17. The van der Waals surface area contributed by atoms with Crippen LogP contribution in [-0.4, -0.2) is 90.5 Å². The Morgan fingerprint density at radius 3 is 1.64 bits per heavy atom. The van der Waals surface area contributed by atoms with Crippen molar-refractivity contribution in [2.75, 3.05) is 33.3 Å². The van der Waals surface area contributed by atoms with Crippen molar-refractivity contribution >= 4 is 11.9 Å². The van der Waals surface area contributed by atoms with Gasteiger partial charge in [0.05, 0.1) is 43.7 Å². The van der Waals surface area contributed by atoms with Gasteiger partial charge in [0.2, 0.25) is 0 Å². The number of rotatable bonds is 14. The zero-order chi connectivity index (χ0) is 30.9. The summed E-state index contributed by atoms with van der Waals surface area (Å²) in [5, 5.41) is 51.7. The van der Waals surface area contributed by atoms with E-state index < -0.39 is 37.1 Å². The van der Waals surface area contributed by atoms with Crippen molar-refractivity contribution in [2.45, 2.75) is 12.1 Å². The van der Waals surface area contributed by atoms with E-state index in [1.807, 2.05) is 0 Å². The van der Waals surface area contributed by atoms with Gasteiger partial charge in [-0.25, -0.2) is 0 Å². The fourth-order valence-electron chi connectivity index (χ4n) is 5.00. The number of carboxylic acids is 2. The van der Waals surface area contributed by atoms with Crippen molar-refractivity contribution in [1.82, 2.24) is 19.8 Å². The van der Waals surface area contributed by atoms with Crippen LogP contribution in [0.1, 0.15) is 34.6 Å². The summed E-state index contributed by atoms with van der Waals surface area (Å²) in [4.78, 5) is 36.2. The third-order valence-electron chi connectivity index (χ3n) is 6.85. The molecule has 4 aromatic rings. The molecule has 0 aliphatic rings. The minimum Gasteiger partial charge on any atom is -0.508 e. The number of hydrogen-bond acceptors (Lipinski definition) is 10. The number of methoxy groups -OCH3 is 1. The third kappa shape index (κ3) is 8.45. The number of carboxylic acid groups (broad SMARTS) is 2. The van der Waals surface area contributed by atoms with E-state index in [2.05, 4.69) is 9.97 Å². The topological polar surface area (TPSA) is 177 Å². The molecular weight excluding hydrogens is 611 g/mol. The molecule has 0 amide bonds. The molecule has 4 rings (SSSR count). The number of phenols is 3. The van der Waals surface area contributed by atoms with Gasteiger partial charge < -0.3 is 30.3 Å². The van der Waals surface area contributed by atoms with Gasteiger partial charge in [-0.05, 0) is 60.7 Å². The van der Waals surface area contributed by atoms with Crippen molar-refractivity contribution < 1.29 is 56.9 Å². The largest absolute Gasteiger partial charge is 2.00 e. The van der Waals surface area contributed by atoms with Crippen molar-refractivity contribution in [2.24, 2.45) is 0 Å². The Morgan fingerprint density at radius 1 is 0.727 bits per heavy atom. The van der Waals surface area contributed by atoms with Crippen LogP contribution in [0.4, 0.5) is 0 Å². The Kier molecular flexibility index (Phi) is 12.1. The number of ether oxygens (including phenoxy) is 1. The van der Waals surface area contributed by atoms with Crippen LogP contribution in [0.2, 0.25) is 0 Å². The summed E-state index contributed by atoms with van der Waals surface area (Å²) < 4.78 is 5.36. The van der Waals surface area contributed by atoms with Gasteiger partial charge in [0.1, 0.15) is 23.0 Å². The summed E-state index contributed by atoms with van der Waals surface area (Å²) in [7, 11) is 1.47. The van der Waals surface area contributed by atoms with Crippen LogP contribution in [-0.2, 0) is 26.7 Å². The Morgan fingerprint density at radius 2 is 1.20 bits per heavy atom. The summed E-state index contributed by atoms with van der Waals surface area (Å²) in [6.07, 6.45) is 3.08. The van der Waals surface area contributed by atoms with Gasteiger partial charge in [0.15, 0.2) is 0 Å². The Bertz CT molecular complexity index is 1540. The smallest absolute Gasteiger partial charge is 0.508 e. The number of benzene rings is 2. The zero-order valence-corrected chi connectivity index (χ0v) is 24.9. The molecular formula is C31H32MnN4O8+2. The van der Waals surface area contributed by atoms with E-state index in [4.69, 9.17) is 4.74 Å². The number of hydrogen-bond donors (Lipinski definition) is 5. The fraction of sp³-hybridized carbons (Fsp3) is 0.226. The molecule has 0 aliphatic carbocycles. The van der Waals surface area contributed by atoms with Crippen LogP contribution in [0.25, 0.3) is 0 Å². The number of carbonyl (C=O) groups is 2. The average molecular weight is 644 g/mol. The second-order valence-electron chi connectivity index (χ2n) is 9.71. The standard InChI is InChI=1S/C31H32N4O8.Mn/c1-43-21-9-11-27(38)23(17-21)31(25-7-3-5-13-33-25)35(19-29(41)42)15-14-34(18-28(39)40)30(24-6-2-4-12-32-24)22-16-20(36)8-10-26(22)37;/h2-13,16-17,30-31,36-38H,14-15,18-19H2,1H3,(H,39,40)(H,41,42);/q;+2/t30?,31-;/m0./s1. The normalized spacial score (nSPS) is 12.3. The monoisotopic (exact) mass is 643 g/mol. The molecule has 0 bridgehead atoms. The molecule has 0 fully saturated rings. The molecule has 44 heavy (non-hydrogen) atoms. The summed E-state index contributed by atoms with van der Waals surface area (Å²) in [5.41, 5.74) is 1.41. The van der Waals surface area contributed by atoms with Crippen molar-refractivity contribution in [1.29, 1.82) is 0 Å². The molecule has 5 N–H and O–H groups in total. The molecule has 2 heterocycles. The maximum Gasteiger partial charge on any atom is 2.00 e. The van der Waals surface area contributed by atoms with Crippen molar-refractivity contribution in [3.8, 4) is 23.0 Å². The van der Waals surface area contributed by atoms with Gasteiger partial charge in [0, 0.05) is 36.6 Å². The number of phenolic OH excluding ortho intramolecular Hbond substituents is 3. The SMILES string of the molecule is COc1ccc(O)c([C@@H](c2ccccn2)N(CCN(CC(=O)O)C(c2ccccn2)c2cc(O)ccc2O)CC(=O)O)c1.[Mn+2]. The fourth-order valence-corrected chi connectivity index (χ4v) is 5.00. The molecule has 229 valence electrons. The maximum atomic E-state index is 12.1. The Hall–Kier alpha value is -4.68. The van der Waals surface area contributed by atoms with Gasteiger partial charge in [-0.15, -0.1) is 0 Å². The molecule has 13 heteroatoms. The third-order valence-corrected chi connectivity index (χ3v) is 6.85. The Balaban J connectivity index is 0.00000529. The van der Waals surface area contributed by atoms with Gasteiger partial charge in [-0.3, -0.25) is 29.4 Å². The van der Waals surface area contributed by atoms with E-state index in [9.17, 15) is 35.1 Å². The van der Waals surface area contributed by atoms with Crippen molar-refractivity contribution in [3.63, 3.8) is 0 Å². The number of nitrogens with zero attached hydrogens (tertiary/aromatic N) is 4. The number of aliphatic carboxylic acids is 2. The molecule has 0 spiro atoms. The van der Waals surface area contributed by atoms with Gasteiger partial charge in [-0.2, -0.15) is 0 Å². The molecule has 12 nitrogen and oxygen atoms in total. The van der Waals surface area contributed by atoms with Gasteiger partial charge in [-0.1, -0.05) is 12.1 Å². The van der Waals surface area contributed by atoms with Crippen LogP contribution in [0.5, 0.6) is 23.0 Å². The molecule has 2 aromatic heterocycles. The van der Waals surface area contributed by atoms with E-state index in [1.54, 1.807) is 59.6 Å². The van der Waals surface area contributed by atoms with Crippen molar-refractivity contribution in [3.05, 3.63) is 108 Å². The molecule has 0 saturated heterocycles. The van der Waals surface area contributed by atoms with E-state index in [-0.39, 0.29) is 53.0 Å². The molecule has 0 saturated carbocycles. The second kappa shape index (κ2) is 15.7.